The number of rotatable bonds is 4. The fourth-order valence-electron chi connectivity index (χ4n) is 4.80. The molecule has 32 heavy (non-hydrogen) atoms. The van der Waals surface area contributed by atoms with Crippen LogP contribution < -0.4 is 0 Å². The molecule has 1 aliphatic rings. The molecular weight excluding hydrogens is 411 g/mol. The third-order valence-corrected chi connectivity index (χ3v) is 6.33. The van der Waals surface area contributed by atoms with E-state index in [2.05, 4.69) is 34.7 Å². The average Bonchev–Trinajstić information content (AvgIpc) is 3.36. The number of pyridine rings is 1. The summed E-state index contributed by atoms with van der Waals surface area (Å²) < 4.78 is 21.9. The highest BCUT2D eigenvalue weighted by molar-refractivity contribution is 5.93. The maximum absolute atomic E-state index is 14.1. The lowest BCUT2D eigenvalue weighted by Gasteiger charge is -2.28. The SMILES string of the molecule is Cc1cc(-n2c(C(C)C)c(C3CCC(C(=O)O)OC3)c3nc4[nH]ncc4cc32)ccc1F. The van der Waals surface area contributed by atoms with Gasteiger partial charge in [0.25, 0.3) is 0 Å². The monoisotopic (exact) mass is 436 g/mol. The summed E-state index contributed by atoms with van der Waals surface area (Å²) in [5, 5.41) is 17.3. The number of aryl methyl sites for hydroxylation is 1. The maximum Gasteiger partial charge on any atom is 0.332 e. The number of nitrogens with zero attached hydrogens (tertiary/aromatic N) is 3. The number of carboxylic acids is 1. The molecule has 2 N–H and O–H groups in total. The van der Waals surface area contributed by atoms with Gasteiger partial charge in [0.05, 0.1) is 23.8 Å². The van der Waals surface area contributed by atoms with Crippen molar-refractivity contribution in [3.8, 4) is 5.69 Å². The zero-order valence-electron chi connectivity index (χ0n) is 18.2. The van der Waals surface area contributed by atoms with Crippen molar-refractivity contribution >= 4 is 28.0 Å². The van der Waals surface area contributed by atoms with E-state index in [1.807, 2.05) is 6.07 Å². The van der Waals surface area contributed by atoms with E-state index in [1.54, 1.807) is 19.2 Å². The Kier molecular flexibility index (Phi) is 4.97. The lowest BCUT2D eigenvalue weighted by molar-refractivity contribution is -0.153. The Hall–Kier alpha value is -3.26. The number of benzene rings is 1. The van der Waals surface area contributed by atoms with Crippen LogP contribution in [-0.4, -0.2) is 43.5 Å². The van der Waals surface area contributed by atoms with Gasteiger partial charge in [0.1, 0.15) is 5.82 Å². The van der Waals surface area contributed by atoms with Gasteiger partial charge in [-0.2, -0.15) is 5.10 Å². The zero-order valence-corrected chi connectivity index (χ0v) is 18.2. The number of aliphatic carboxylic acids is 1. The molecule has 1 fully saturated rings. The summed E-state index contributed by atoms with van der Waals surface area (Å²) in [7, 11) is 0. The van der Waals surface area contributed by atoms with Crippen LogP contribution in [-0.2, 0) is 9.53 Å². The highest BCUT2D eigenvalue weighted by Crippen LogP contribution is 2.41. The van der Waals surface area contributed by atoms with Crippen LogP contribution in [0.5, 0.6) is 0 Å². The van der Waals surface area contributed by atoms with Crippen molar-refractivity contribution in [1.29, 1.82) is 0 Å². The lowest BCUT2D eigenvalue weighted by Crippen LogP contribution is -2.31. The Morgan fingerprint density at radius 1 is 1.31 bits per heavy atom. The van der Waals surface area contributed by atoms with Crippen LogP contribution in [0.4, 0.5) is 4.39 Å². The Balaban J connectivity index is 1.78. The van der Waals surface area contributed by atoms with Gasteiger partial charge in [-0.25, -0.2) is 14.2 Å². The number of H-pyrrole nitrogens is 1. The molecule has 4 aromatic rings. The van der Waals surface area contributed by atoms with E-state index in [9.17, 15) is 14.3 Å². The van der Waals surface area contributed by atoms with Crippen molar-refractivity contribution in [3.05, 3.63) is 53.1 Å². The van der Waals surface area contributed by atoms with Crippen molar-refractivity contribution < 1.29 is 19.0 Å². The molecule has 8 heteroatoms. The van der Waals surface area contributed by atoms with Gasteiger partial charge in [0.2, 0.25) is 0 Å². The van der Waals surface area contributed by atoms with Gasteiger partial charge in [-0.05, 0) is 55.5 Å². The highest BCUT2D eigenvalue weighted by atomic mass is 19.1. The van der Waals surface area contributed by atoms with E-state index in [4.69, 9.17) is 9.72 Å². The normalized spacial score (nSPS) is 19.3. The number of fused-ring (bicyclic) bond motifs is 2. The topological polar surface area (TPSA) is 93.0 Å². The van der Waals surface area contributed by atoms with Gasteiger partial charge in [-0.1, -0.05) is 13.8 Å². The second-order valence-corrected chi connectivity index (χ2v) is 8.82. The molecular formula is C24H25FN4O3. The van der Waals surface area contributed by atoms with Crippen molar-refractivity contribution in [1.82, 2.24) is 19.7 Å². The van der Waals surface area contributed by atoms with Crippen LogP contribution in [0, 0.1) is 12.7 Å². The average molecular weight is 436 g/mol. The standard InChI is InChI=1S/C24H25FN4O3/c1-12(2)22-20(14-4-7-19(24(30)31)32-11-14)21-18(9-15-10-26-28-23(15)27-21)29(22)16-5-6-17(25)13(3)8-16/h5-6,8-10,12,14,19H,4,7,11H2,1-3H3,(H,30,31)(H,26,27,28). The number of aromatic amines is 1. The quantitative estimate of drug-likeness (QED) is 0.478. The van der Waals surface area contributed by atoms with Crippen LogP contribution in [0.3, 0.4) is 0 Å². The third kappa shape index (κ3) is 3.26. The summed E-state index contributed by atoms with van der Waals surface area (Å²) in [4.78, 5) is 16.3. The predicted molar refractivity (Wildman–Crippen MR) is 119 cm³/mol. The van der Waals surface area contributed by atoms with Crippen molar-refractivity contribution in [2.75, 3.05) is 6.61 Å². The highest BCUT2D eigenvalue weighted by Gasteiger charge is 2.33. The second kappa shape index (κ2) is 7.70. The molecule has 4 heterocycles. The van der Waals surface area contributed by atoms with Gasteiger partial charge < -0.3 is 14.4 Å². The van der Waals surface area contributed by atoms with Gasteiger partial charge in [-0.3, -0.25) is 5.10 Å². The molecule has 0 amide bonds. The molecule has 1 aliphatic heterocycles. The summed E-state index contributed by atoms with van der Waals surface area (Å²) in [5.74, 6) is -0.999. The summed E-state index contributed by atoms with van der Waals surface area (Å²) in [6, 6.07) is 7.18. The Morgan fingerprint density at radius 2 is 2.12 bits per heavy atom. The van der Waals surface area contributed by atoms with E-state index in [0.717, 1.165) is 33.4 Å². The molecule has 0 aliphatic carbocycles. The molecule has 0 saturated carbocycles. The van der Waals surface area contributed by atoms with Crippen LogP contribution in [0.25, 0.3) is 27.8 Å². The molecule has 0 bridgehead atoms. The number of carboxylic acid groups (broad SMARTS) is 1. The number of hydrogen-bond donors (Lipinski definition) is 2. The Bertz CT molecular complexity index is 1330. The van der Waals surface area contributed by atoms with Crippen LogP contribution in [0.2, 0.25) is 0 Å². The smallest absolute Gasteiger partial charge is 0.332 e. The van der Waals surface area contributed by atoms with Crippen LogP contribution in [0.1, 0.15) is 55.3 Å². The summed E-state index contributed by atoms with van der Waals surface area (Å²) >= 11 is 0. The van der Waals surface area contributed by atoms with Gasteiger partial charge >= 0.3 is 5.97 Å². The summed E-state index contributed by atoms with van der Waals surface area (Å²) in [5.41, 5.74) is 6.05. The van der Waals surface area contributed by atoms with E-state index < -0.39 is 12.1 Å². The van der Waals surface area contributed by atoms with E-state index in [0.29, 0.717) is 30.7 Å². The minimum Gasteiger partial charge on any atom is -0.479 e. The fraction of sp³-hybridized carbons (Fsp3) is 0.375. The number of halogens is 1. The predicted octanol–water partition coefficient (Wildman–Crippen LogP) is 4.82. The van der Waals surface area contributed by atoms with E-state index in [-0.39, 0.29) is 17.7 Å². The third-order valence-electron chi connectivity index (χ3n) is 6.33. The largest absolute Gasteiger partial charge is 0.479 e. The molecule has 2 unspecified atom stereocenters. The summed E-state index contributed by atoms with van der Waals surface area (Å²) in [6.45, 7) is 6.33. The Labute approximate surface area is 184 Å². The number of ether oxygens (including phenoxy) is 1. The van der Waals surface area contributed by atoms with Crippen LogP contribution in [0.15, 0.2) is 30.5 Å². The van der Waals surface area contributed by atoms with Crippen molar-refractivity contribution in [3.63, 3.8) is 0 Å². The molecule has 2 atom stereocenters. The van der Waals surface area contributed by atoms with E-state index in [1.165, 1.54) is 6.07 Å². The van der Waals surface area contributed by atoms with E-state index >= 15 is 0 Å². The number of nitrogens with one attached hydrogen (secondary N) is 1. The molecule has 7 nitrogen and oxygen atoms in total. The molecule has 0 radical (unpaired) electrons. The molecule has 166 valence electrons. The first-order valence-corrected chi connectivity index (χ1v) is 10.8. The summed E-state index contributed by atoms with van der Waals surface area (Å²) in [6.07, 6.45) is 2.12. The fourth-order valence-corrected chi connectivity index (χ4v) is 4.80. The second-order valence-electron chi connectivity index (χ2n) is 8.82. The van der Waals surface area contributed by atoms with Crippen molar-refractivity contribution in [2.24, 2.45) is 0 Å². The molecule has 1 aromatic carbocycles. The zero-order chi connectivity index (χ0) is 22.6. The van der Waals surface area contributed by atoms with Crippen LogP contribution >= 0.6 is 0 Å². The number of carbonyl (C=O) groups is 1. The molecule has 3 aromatic heterocycles. The minimum atomic E-state index is -0.922. The Morgan fingerprint density at radius 3 is 2.78 bits per heavy atom. The molecule has 0 spiro atoms. The molecule has 1 saturated heterocycles. The van der Waals surface area contributed by atoms with Gasteiger partial charge in [0.15, 0.2) is 11.8 Å². The first-order valence-electron chi connectivity index (χ1n) is 10.8. The van der Waals surface area contributed by atoms with Gasteiger partial charge in [-0.15, -0.1) is 0 Å². The van der Waals surface area contributed by atoms with Gasteiger partial charge in [0, 0.05) is 28.2 Å². The number of hydrogen-bond acceptors (Lipinski definition) is 4. The minimum absolute atomic E-state index is 0.0150. The lowest BCUT2D eigenvalue weighted by atomic mass is 9.88. The first-order chi connectivity index (χ1) is 15.3. The maximum atomic E-state index is 14.1. The molecule has 5 rings (SSSR count). The number of aromatic nitrogens is 4. The van der Waals surface area contributed by atoms with Crippen molar-refractivity contribution in [2.45, 2.75) is 51.6 Å². The first kappa shape index (κ1) is 20.6.